The summed E-state index contributed by atoms with van der Waals surface area (Å²) >= 11 is 0. The summed E-state index contributed by atoms with van der Waals surface area (Å²) in [6.07, 6.45) is 4.38. The summed E-state index contributed by atoms with van der Waals surface area (Å²) in [5, 5.41) is 19.4. The van der Waals surface area contributed by atoms with Crippen LogP contribution in [-0.2, 0) is 10.3 Å². The number of carbonyl (C=O) groups is 1. The minimum atomic E-state index is -1.13. The van der Waals surface area contributed by atoms with Crippen LogP contribution in [0.25, 0.3) is 0 Å². The van der Waals surface area contributed by atoms with E-state index in [0.717, 1.165) is 12.8 Å². The van der Waals surface area contributed by atoms with Crippen molar-refractivity contribution in [2.24, 2.45) is 4.99 Å². The molecule has 106 valence electrons. The molecule has 6 nitrogen and oxygen atoms in total. The van der Waals surface area contributed by atoms with E-state index in [1.165, 1.54) is 25.3 Å². The number of carbonyl (C=O) groups excluding carboxylic acids is 1. The van der Waals surface area contributed by atoms with Crippen molar-refractivity contribution in [1.29, 1.82) is 0 Å². The molecule has 6 heteroatoms. The Morgan fingerprint density at radius 3 is 2.55 bits per heavy atom. The molecule has 0 saturated heterocycles. The maximum absolute atomic E-state index is 11.2. The third-order valence-electron chi connectivity index (χ3n) is 3.73. The van der Waals surface area contributed by atoms with E-state index in [1.54, 1.807) is 0 Å². The summed E-state index contributed by atoms with van der Waals surface area (Å²) in [7, 11) is 1.34. The van der Waals surface area contributed by atoms with Gasteiger partial charge in [0.2, 0.25) is 6.08 Å². The average molecular weight is 277 g/mol. The van der Waals surface area contributed by atoms with Crippen LogP contribution in [0.3, 0.4) is 0 Å². The summed E-state index contributed by atoms with van der Waals surface area (Å²) in [5.74, 6) is -1.24. The van der Waals surface area contributed by atoms with Crippen molar-refractivity contribution in [3.8, 4) is 11.5 Å². The first-order chi connectivity index (χ1) is 9.54. The third kappa shape index (κ3) is 2.26. The van der Waals surface area contributed by atoms with Crippen molar-refractivity contribution in [3.05, 3.63) is 23.3 Å². The molecule has 1 aliphatic rings. The van der Waals surface area contributed by atoms with Gasteiger partial charge in [-0.1, -0.05) is 12.8 Å². The van der Waals surface area contributed by atoms with Gasteiger partial charge in [-0.15, -0.1) is 0 Å². The quantitative estimate of drug-likeness (QED) is 0.649. The van der Waals surface area contributed by atoms with Gasteiger partial charge in [-0.2, -0.15) is 4.99 Å². The van der Waals surface area contributed by atoms with Crippen molar-refractivity contribution >= 4 is 12.0 Å². The number of carboxylic acid groups (broad SMARTS) is 1. The zero-order valence-electron chi connectivity index (χ0n) is 11.0. The number of nitrogens with zero attached hydrogens (tertiary/aromatic N) is 1. The van der Waals surface area contributed by atoms with E-state index in [9.17, 15) is 14.7 Å². The van der Waals surface area contributed by atoms with Crippen molar-refractivity contribution in [2.75, 3.05) is 7.11 Å². The Bertz CT molecular complexity index is 583. The number of phenols is 1. The van der Waals surface area contributed by atoms with E-state index in [2.05, 4.69) is 4.99 Å². The first-order valence-electron chi connectivity index (χ1n) is 6.28. The van der Waals surface area contributed by atoms with Gasteiger partial charge < -0.3 is 14.9 Å². The van der Waals surface area contributed by atoms with Crippen LogP contribution in [0.4, 0.5) is 0 Å². The van der Waals surface area contributed by atoms with Crippen LogP contribution in [-0.4, -0.2) is 29.4 Å². The summed E-state index contributed by atoms with van der Waals surface area (Å²) < 4.78 is 5.01. The van der Waals surface area contributed by atoms with Crippen LogP contribution < -0.4 is 4.74 Å². The Hall–Kier alpha value is -2.33. The summed E-state index contributed by atoms with van der Waals surface area (Å²) in [6, 6.07) is 2.60. The number of hydrogen-bond acceptors (Lipinski definition) is 5. The zero-order valence-corrected chi connectivity index (χ0v) is 11.0. The monoisotopic (exact) mass is 277 g/mol. The number of rotatable bonds is 4. The normalized spacial score (nSPS) is 16.4. The average Bonchev–Trinajstić information content (AvgIpc) is 2.88. The van der Waals surface area contributed by atoms with Crippen LogP contribution in [0, 0.1) is 0 Å². The number of aromatic hydroxyl groups is 1. The highest BCUT2D eigenvalue weighted by molar-refractivity contribution is 5.89. The fourth-order valence-electron chi connectivity index (χ4n) is 2.73. The largest absolute Gasteiger partial charge is 0.504 e. The van der Waals surface area contributed by atoms with E-state index in [1.807, 2.05) is 0 Å². The molecule has 2 N–H and O–H groups in total. The van der Waals surface area contributed by atoms with Gasteiger partial charge in [-0.3, -0.25) is 0 Å². The van der Waals surface area contributed by atoms with E-state index >= 15 is 0 Å². The molecular formula is C14H15NO5. The predicted octanol–water partition coefficient (Wildman–Crippen LogP) is 2.20. The Balaban J connectivity index is 2.67. The number of isocyanates is 1. The van der Waals surface area contributed by atoms with Crippen molar-refractivity contribution < 1.29 is 24.5 Å². The number of phenolic OH excluding ortho intramolecular Hbond substituents is 1. The van der Waals surface area contributed by atoms with Gasteiger partial charge in [0.1, 0.15) is 5.54 Å². The molecule has 0 atom stereocenters. The van der Waals surface area contributed by atoms with E-state index in [0.29, 0.717) is 18.4 Å². The summed E-state index contributed by atoms with van der Waals surface area (Å²) in [6.45, 7) is 0. The predicted molar refractivity (Wildman–Crippen MR) is 69.9 cm³/mol. The Morgan fingerprint density at radius 1 is 1.40 bits per heavy atom. The van der Waals surface area contributed by atoms with Gasteiger partial charge in [-0.05, 0) is 25.0 Å². The lowest BCUT2D eigenvalue weighted by Crippen LogP contribution is -2.20. The molecule has 2 rings (SSSR count). The van der Waals surface area contributed by atoms with Crippen molar-refractivity contribution in [1.82, 2.24) is 0 Å². The summed E-state index contributed by atoms with van der Waals surface area (Å²) in [5.41, 5.74) is -0.595. The molecule has 0 aliphatic heterocycles. The smallest absolute Gasteiger partial charge is 0.335 e. The third-order valence-corrected chi connectivity index (χ3v) is 3.73. The highest BCUT2D eigenvalue weighted by Gasteiger charge is 2.39. The molecule has 20 heavy (non-hydrogen) atoms. The van der Waals surface area contributed by atoms with Gasteiger partial charge in [0.15, 0.2) is 11.5 Å². The van der Waals surface area contributed by atoms with Gasteiger partial charge in [0.25, 0.3) is 0 Å². The topological polar surface area (TPSA) is 96.2 Å². The SMILES string of the molecule is COc1cc(C(=O)O)cc(C2(N=C=O)CCCC2)c1O. The lowest BCUT2D eigenvalue weighted by molar-refractivity contribution is 0.0696. The number of ether oxygens (including phenoxy) is 1. The first kappa shape index (κ1) is 14.1. The van der Waals surface area contributed by atoms with E-state index in [-0.39, 0.29) is 17.1 Å². The van der Waals surface area contributed by atoms with Crippen LogP contribution >= 0.6 is 0 Å². The Kier molecular flexibility index (Phi) is 3.77. The second-order valence-corrected chi connectivity index (χ2v) is 4.82. The standard InChI is InChI=1S/C14H15NO5/c1-20-11-7-9(13(18)19)6-10(12(11)17)14(15-8-16)4-2-3-5-14/h6-7,17H,2-5H2,1H3,(H,18,19). The molecule has 1 aromatic carbocycles. The number of methoxy groups -OCH3 is 1. The highest BCUT2D eigenvalue weighted by Crippen LogP contribution is 2.48. The van der Waals surface area contributed by atoms with Crippen molar-refractivity contribution in [3.63, 3.8) is 0 Å². The molecule has 0 bridgehead atoms. The minimum absolute atomic E-state index is 0.0120. The molecule has 0 aromatic heterocycles. The van der Waals surface area contributed by atoms with Crippen LogP contribution in [0.15, 0.2) is 17.1 Å². The molecule has 0 radical (unpaired) electrons. The number of aromatic carboxylic acids is 1. The molecule has 1 aliphatic carbocycles. The molecular weight excluding hydrogens is 262 g/mol. The molecule has 0 heterocycles. The number of carboxylic acids is 1. The van der Waals surface area contributed by atoms with Gasteiger partial charge >= 0.3 is 5.97 Å². The summed E-state index contributed by atoms with van der Waals surface area (Å²) in [4.78, 5) is 25.7. The van der Waals surface area contributed by atoms with Gasteiger partial charge in [0, 0.05) is 5.56 Å². The van der Waals surface area contributed by atoms with Crippen LogP contribution in [0.1, 0.15) is 41.6 Å². The first-order valence-corrected chi connectivity index (χ1v) is 6.28. The van der Waals surface area contributed by atoms with E-state index < -0.39 is 11.5 Å². The fourth-order valence-corrected chi connectivity index (χ4v) is 2.73. The number of benzene rings is 1. The second-order valence-electron chi connectivity index (χ2n) is 4.82. The number of hydrogen-bond donors (Lipinski definition) is 2. The highest BCUT2D eigenvalue weighted by atomic mass is 16.5. The molecule has 1 fully saturated rings. The second kappa shape index (κ2) is 5.35. The van der Waals surface area contributed by atoms with Crippen LogP contribution in [0.5, 0.6) is 11.5 Å². The molecule has 1 aromatic rings. The van der Waals surface area contributed by atoms with Crippen LogP contribution in [0.2, 0.25) is 0 Å². The maximum Gasteiger partial charge on any atom is 0.335 e. The maximum atomic E-state index is 11.2. The van der Waals surface area contributed by atoms with Gasteiger partial charge in [-0.25, -0.2) is 9.59 Å². The molecule has 1 saturated carbocycles. The molecule has 0 amide bonds. The number of aliphatic imine (C=N–C) groups is 1. The lowest BCUT2D eigenvalue weighted by Gasteiger charge is -2.25. The zero-order chi connectivity index (χ0) is 14.8. The molecule has 0 spiro atoms. The van der Waals surface area contributed by atoms with Gasteiger partial charge in [0.05, 0.1) is 12.7 Å². The van der Waals surface area contributed by atoms with E-state index in [4.69, 9.17) is 9.84 Å². The van der Waals surface area contributed by atoms with Crippen molar-refractivity contribution in [2.45, 2.75) is 31.2 Å². The fraction of sp³-hybridized carbons (Fsp3) is 0.429. The molecule has 0 unspecified atom stereocenters. The lowest BCUT2D eigenvalue weighted by atomic mass is 9.86. The minimum Gasteiger partial charge on any atom is -0.504 e. The Morgan fingerprint density at radius 2 is 2.05 bits per heavy atom. The Labute approximate surface area is 115 Å².